The molecule has 1 unspecified atom stereocenters. The SMILES string of the molecule is CC(=O)c1c(C)c2c(c(C)c1C(C)(C)C)C(C)(C)CC1[C@](C)(C=O)CCC[C@]21C. The molecule has 2 heteroatoms. The van der Waals surface area contributed by atoms with Crippen molar-refractivity contribution in [2.75, 3.05) is 0 Å². The van der Waals surface area contributed by atoms with Crippen molar-refractivity contribution in [3.63, 3.8) is 0 Å². The summed E-state index contributed by atoms with van der Waals surface area (Å²) in [4.78, 5) is 25.2. The van der Waals surface area contributed by atoms with Crippen molar-refractivity contribution < 1.29 is 9.59 Å². The van der Waals surface area contributed by atoms with E-state index in [1.54, 1.807) is 6.92 Å². The van der Waals surface area contributed by atoms with Gasteiger partial charge in [-0.25, -0.2) is 0 Å². The van der Waals surface area contributed by atoms with Crippen LogP contribution in [0.5, 0.6) is 0 Å². The first-order valence-corrected chi connectivity index (χ1v) is 11.3. The van der Waals surface area contributed by atoms with E-state index in [-0.39, 0.29) is 27.4 Å². The van der Waals surface area contributed by atoms with Crippen LogP contribution in [0.25, 0.3) is 0 Å². The molecular formula is C27H40O2. The maximum Gasteiger partial charge on any atom is 0.160 e. The highest BCUT2D eigenvalue weighted by atomic mass is 16.1. The summed E-state index contributed by atoms with van der Waals surface area (Å²) in [5.41, 5.74) is 6.95. The number of rotatable bonds is 2. The lowest BCUT2D eigenvalue weighted by atomic mass is 9.45. The molecule has 29 heavy (non-hydrogen) atoms. The molecule has 3 atom stereocenters. The van der Waals surface area contributed by atoms with Crippen molar-refractivity contribution >= 4 is 12.1 Å². The molecule has 0 N–H and O–H groups in total. The third-order valence-electron chi connectivity index (χ3n) is 8.31. The molecule has 0 amide bonds. The number of ketones is 1. The largest absolute Gasteiger partial charge is 0.303 e. The summed E-state index contributed by atoms with van der Waals surface area (Å²) in [6.07, 6.45) is 5.39. The summed E-state index contributed by atoms with van der Waals surface area (Å²) in [5, 5.41) is 0. The molecule has 0 saturated heterocycles. The number of hydrogen-bond donors (Lipinski definition) is 0. The van der Waals surface area contributed by atoms with Crippen LogP contribution in [0.1, 0.15) is 119 Å². The standard InChI is InChI=1S/C27H40O2/c1-16-20(18(3)29)21(24(4,5)6)17(2)22-23(16)27(10)13-11-12-26(9,15-28)19(27)14-25(22,7)8/h15,19H,11-14H2,1-10H3/t19?,26-,27-/m0/s1. The highest BCUT2D eigenvalue weighted by Gasteiger charge is 2.57. The zero-order valence-corrected chi connectivity index (χ0v) is 20.3. The number of hydrogen-bond acceptors (Lipinski definition) is 2. The second-order valence-electron chi connectivity index (χ2n) is 12.1. The number of carbonyl (C=O) groups is 2. The maximum absolute atomic E-state index is 12.9. The van der Waals surface area contributed by atoms with Crippen LogP contribution in [-0.4, -0.2) is 12.1 Å². The Bertz CT molecular complexity index is 883. The first-order chi connectivity index (χ1) is 13.1. The number of fused-ring (bicyclic) bond motifs is 3. The Hall–Kier alpha value is -1.44. The molecular weight excluding hydrogens is 356 g/mol. The topological polar surface area (TPSA) is 34.1 Å². The van der Waals surface area contributed by atoms with Crippen LogP contribution in [0.3, 0.4) is 0 Å². The predicted octanol–water partition coefficient (Wildman–Crippen LogP) is 6.75. The van der Waals surface area contributed by atoms with Gasteiger partial charge in [0.15, 0.2) is 5.78 Å². The molecule has 2 nitrogen and oxygen atoms in total. The molecule has 2 aliphatic carbocycles. The zero-order chi connectivity index (χ0) is 22.2. The monoisotopic (exact) mass is 396 g/mol. The summed E-state index contributed by atoms with van der Waals surface area (Å²) < 4.78 is 0. The Balaban J connectivity index is 2.50. The van der Waals surface area contributed by atoms with E-state index in [2.05, 4.69) is 62.3 Å². The highest BCUT2D eigenvalue weighted by molar-refractivity contribution is 5.98. The second-order valence-corrected chi connectivity index (χ2v) is 12.1. The first kappa shape index (κ1) is 22.2. The number of carbonyl (C=O) groups excluding carboxylic acids is 2. The second kappa shape index (κ2) is 6.53. The van der Waals surface area contributed by atoms with Crippen LogP contribution in [0, 0.1) is 25.2 Å². The fraction of sp³-hybridized carbons (Fsp3) is 0.704. The molecule has 2 aliphatic rings. The molecule has 1 aromatic carbocycles. The average molecular weight is 397 g/mol. The van der Waals surface area contributed by atoms with Crippen molar-refractivity contribution in [1.82, 2.24) is 0 Å². The van der Waals surface area contributed by atoms with Crippen LogP contribution in [-0.2, 0) is 21.0 Å². The highest BCUT2D eigenvalue weighted by Crippen LogP contribution is 2.62. The summed E-state index contributed by atoms with van der Waals surface area (Å²) >= 11 is 0. The van der Waals surface area contributed by atoms with E-state index >= 15 is 0 Å². The Kier molecular flexibility index (Phi) is 5.01. The quantitative estimate of drug-likeness (QED) is 0.409. The molecule has 3 rings (SSSR count). The van der Waals surface area contributed by atoms with Crippen molar-refractivity contribution in [2.24, 2.45) is 11.3 Å². The van der Waals surface area contributed by atoms with Gasteiger partial charge in [-0.05, 0) is 90.0 Å². The number of Topliss-reactive ketones (excluding diaryl/α,β-unsaturated/α-hetero) is 1. The van der Waals surface area contributed by atoms with E-state index in [0.717, 1.165) is 31.2 Å². The van der Waals surface area contributed by atoms with Gasteiger partial charge in [-0.1, -0.05) is 54.9 Å². The van der Waals surface area contributed by atoms with E-state index in [0.29, 0.717) is 5.92 Å². The van der Waals surface area contributed by atoms with E-state index in [4.69, 9.17) is 0 Å². The molecule has 1 saturated carbocycles. The number of aldehydes is 1. The zero-order valence-electron chi connectivity index (χ0n) is 20.3. The van der Waals surface area contributed by atoms with Crippen molar-refractivity contribution in [1.29, 1.82) is 0 Å². The van der Waals surface area contributed by atoms with Gasteiger partial charge in [-0.15, -0.1) is 0 Å². The van der Waals surface area contributed by atoms with Gasteiger partial charge < -0.3 is 4.79 Å². The molecule has 0 bridgehead atoms. The summed E-state index contributed by atoms with van der Waals surface area (Å²) in [6, 6.07) is 0. The van der Waals surface area contributed by atoms with Crippen LogP contribution < -0.4 is 0 Å². The van der Waals surface area contributed by atoms with E-state index in [1.165, 1.54) is 34.1 Å². The molecule has 160 valence electrons. The predicted molar refractivity (Wildman–Crippen MR) is 121 cm³/mol. The van der Waals surface area contributed by atoms with Crippen molar-refractivity contribution in [3.05, 3.63) is 33.4 Å². The van der Waals surface area contributed by atoms with Crippen LogP contribution in [0.4, 0.5) is 0 Å². The van der Waals surface area contributed by atoms with E-state index in [9.17, 15) is 9.59 Å². The van der Waals surface area contributed by atoms with E-state index in [1.807, 2.05) is 0 Å². The lowest BCUT2D eigenvalue weighted by Crippen LogP contribution is -2.54. The van der Waals surface area contributed by atoms with Gasteiger partial charge in [0, 0.05) is 11.0 Å². The molecule has 1 fully saturated rings. The Labute approximate surface area is 177 Å². The fourth-order valence-electron chi connectivity index (χ4n) is 7.36. The van der Waals surface area contributed by atoms with Crippen molar-refractivity contribution in [3.8, 4) is 0 Å². The summed E-state index contributed by atoms with van der Waals surface area (Å²) in [7, 11) is 0. The van der Waals surface area contributed by atoms with Gasteiger partial charge in [0.1, 0.15) is 6.29 Å². The summed E-state index contributed by atoms with van der Waals surface area (Å²) in [5.74, 6) is 0.470. The van der Waals surface area contributed by atoms with Crippen LogP contribution in [0.15, 0.2) is 0 Å². The lowest BCUT2D eigenvalue weighted by molar-refractivity contribution is -0.124. The third kappa shape index (κ3) is 3.04. The molecule has 0 aliphatic heterocycles. The molecule has 0 radical (unpaired) electrons. The third-order valence-corrected chi connectivity index (χ3v) is 8.31. The molecule has 1 aromatic rings. The Morgan fingerprint density at radius 3 is 2.07 bits per heavy atom. The fourth-order valence-corrected chi connectivity index (χ4v) is 7.36. The summed E-state index contributed by atoms with van der Waals surface area (Å²) in [6.45, 7) is 22.0. The van der Waals surface area contributed by atoms with E-state index < -0.39 is 0 Å². The minimum absolute atomic E-state index is 0.0225. The van der Waals surface area contributed by atoms with Gasteiger partial charge in [0.2, 0.25) is 0 Å². The molecule has 0 heterocycles. The smallest absolute Gasteiger partial charge is 0.160 e. The normalized spacial score (nSPS) is 31.0. The van der Waals surface area contributed by atoms with Gasteiger partial charge >= 0.3 is 0 Å². The van der Waals surface area contributed by atoms with Crippen LogP contribution >= 0.6 is 0 Å². The van der Waals surface area contributed by atoms with Gasteiger partial charge in [-0.2, -0.15) is 0 Å². The lowest BCUT2D eigenvalue weighted by Gasteiger charge is -2.58. The minimum atomic E-state index is -0.290. The van der Waals surface area contributed by atoms with Gasteiger partial charge in [-0.3, -0.25) is 4.79 Å². The first-order valence-electron chi connectivity index (χ1n) is 11.3. The molecule has 0 spiro atoms. The average Bonchev–Trinajstić information content (AvgIpc) is 2.57. The Morgan fingerprint density at radius 2 is 1.59 bits per heavy atom. The minimum Gasteiger partial charge on any atom is -0.303 e. The van der Waals surface area contributed by atoms with Crippen molar-refractivity contribution in [2.45, 2.75) is 111 Å². The van der Waals surface area contributed by atoms with Gasteiger partial charge in [0.05, 0.1) is 0 Å². The van der Waals surface area contributed by atoms with Crippen LogP contribution in [0.2, 0.25) is 0 Å². The van der Waals surface area contributed by atoms with Gasteiger partial charge in [0.25, 0.3) is 0 Å². The maximum atomic E-state index is 12.9. The Morgan fingerprint density at radius 1 is 1.00 bits per heavy atom. The number of benzene rings is 1. The molecule has 0 aromatic heterocycles.